The molecule has 0 aromatic rings. The molecular weight excluding hydrogens is 393 g/mol. The number of rotatable bonds is 18. The van der Waals surface area contributed by atoms with E-state index in [-0.39, 0.29) is 12.6 Å². The Bertz CT molecular complexity index is 502. The Labute approximate surface area is 177 Å². The zero-order chi connectivity index (χ0) is 22.3. The summed E-state index contributed by atoms with van der Waals surface area (Å²) >= 11 is 0. The Hall–Kier alpha value is -0.720. The number of carbonyl (C=O) groups excluding carboxylic acids is 1. The molecule has 29 heavy (non-hydrogen) atoms. The van der Waals surface area contributed by atoms with Gasteiger partial charge < -0.3 is 19.0 Å². The lowest BCUT2D eigenvalue weighted by Gasteiger charge is -2.45. The summed E-state index contributed by atoms with van der Waals surface area (Å²) < 4.78 is 21.9. The maximum Gasteiger partial charge on any atom is 0.469 e. The van der Waals surface area contributed by atoms with E-state index in [9.17, 15) is 9.36 Å². The maximum absolute atomic E-state index is 11.5. The minimum atomic E-state index is -4.41. The van der Waals surface area contributed by atoms with Crippen LogP contribution in [0.5, 0.6) is 0 Å². The molecule has 0 aliphatic carbocycles. The number of hydrogen-bond acceptors (Lipinski definition) is 4. The predicted molar refractivity (Wildman–Crippen MR) is 116 cm³/mol. The highest BCUT2D eigenvalue weighted by atomic mass is 31.2. The fourth-order valence-electron chi connectivity index (χ4n) is 4.18. The van der Waals surface area contributed by atoms with Gasteiger partial charge in [0.15, 0.2) is 0 Å². The van der Waals surface area contributed by atoms with Gasteiger partial charge in [-0.2, -0.15) is 0 Å². The van der Waals surface area contributed by atoms with Crippen molar-refractivity contribution in [2.24, 2.45) is 0 Å². The van der Waals surface area contributed by atoms with Crippen molar-refractivity contribution in [3.63, 3.8) is 0 Å². The van der Waals surface area contributed by atoms with Crippen molar-refractivity contribution in [1.82, 2.24) is 0 Å². The van der Waals surface area contributed by atoms with Crippen LogP contribution in [0.4, 0.5) is 0 Å². The molecule has 0 aromatic carbocycles. The third-order valence-corrected chi connectivity index (χ3v) is 5.75. The molecule has 172 valence electrons. The fourth-order valence-corrected chi connectivity index (χ4v) is 4.55. The van der Waals surface area contributed by atoms with Gasteiger partial charge in [-0.15, -0.1) is 0 Å². The molecule has 0 amide bonds. The maximum atomic E-state index is 11.5. The SMILES string of the molecule is C=C(C)C(=O)OCCCCC(CCCOP(=O)(O)O)[N+](CCC)(CCC)CCC. The molecule has 0 heterocycles. The Morgan fingerprint density at radius 1 is 0.966 bits per heavy atom. The monoisotopic (exact) mass is 436 g/mol. The van der Waals surface area contributed by atoms with E-state index in [0.717, 1.165) is 69.1 Å². The van der Waals surface area contributed by atoms with Gasteiger partial charge in [0.05, 0.1) is 38.9 Å². The highest BCUT2D eigenvalue weighted by Crippen LogP contribution is 2.36. The van der Waals surface area contributed by atoms with Gasteiger partial charge in [-0.3, -0.25) is 4.52 Å². The van der Waals surface area contributed by atoms with Crippen molar-refractivity contribution < 1.29 is 32.9 Å². The van der Waals surface area contributed by atoms with Crippen molar-refractivity contribution in [2.45, 2.75) is 85.1 Å². The molecule has 2 N–H and O–H groups in total. The Morgan fingerprint density at radius 3 is 1.93 bits per heavy atom. The molecule has 0 aliphatic heterocycles. The number of ether oxygens (including phenoxy) is 1. The second-order valence-corrected chi connectivity index (χ2v) is 9.16. The minimum absolute atomic E-state index is 0.0708. The molecule has 1 atom stereocenters. The van der Waals surface area contributed by atoms with Crippen molar-refractivity contribution >= 4 is 13.8 Å². The van der Waals surface area contributed by atoms with Crippen LogP contribution in [0.2, 0.25) is 0 Å². The lowest BCUT2D eigenvalue weighted by molar-refractivity contribution is -0.952. The van der Waals surface area contributed by atoms with Crippen molar-refractivity contribution in [1.29, 1.82) is 0 Å². The van der Waals surface area contributed by atoms with Gasteiger partial charge in [0, 0.05) is 12.0 Å². The first-order valence-corrected chi connectivity index (χ1v) is 12.5. The number of hydrogen-bond donors (Lipinski definition) is 2. The molecule has 0 bridgehead atoms. The standard InChI is InChI=1S/C21H42NO6P/c1-6-14-22(15-7-2,16-8-3)20(13-11-18-28-29(24,25)26)12-9-10-17-27-21(23)19(4)5/h20H,4,6-18H2,1-3,5H3,(H-,24,25,26)/p+1. The van der Waals surface area contributed by atoms with E-state index < -0.39 is 7.82 Å². The Morgan fingerprint density at radius 2 is 1.48 bits per heavy atom. The van der Waals surface area contributed by atoms with E-state index >= 15 is 0 Å². The minimum Gasteiger partial charge on any atom is -0.462 e. The van der Waals surface area contributed by atoms with Crippen molar-refractivity contribution in [2.75, 3.05) is 32.8 Å². The van der Waals surface area contributed by atoms with Gasteiger partial charge in [0.1, 0.15) is 0 Å². The zero-order valence-electron chi connectivity index (χ0n) is 18.9. The molecule has 0 rings (SSSR count). The first-order valence-electron chi connectivity index (χ1n) is 11.0. The molecule has 0 spiro atoms. The number of carbonyl (C=O) groups is 1. The molecule has 0 radical (unpaired) electrons. The van der Waals surface area contributed by atoms with Gasteiger partial charge in [-0.25, -0.2) is 9.36 Å². The highest BCUT2D eigenvalue weighted by molar-refractivity contribution is 7.46. The topological polar surface area (TPSA) is 93.1 Å². The summed E-state index contributed by atoms with van der Waals surface area (Å²) in [5.41, 5.74) is 0.414. The van der Waals surface area contributed by atoms with Crippen LogP contribution in [0.1, 0.15) is 79.1 Å². The molecule has 0 saturated heterocycles. The second-order valence-electron chi connectivity index (χ2n) is 7.92. The first kappa shape index (κ1) is 28.3. The molecular formula is C21H43NO6P+. The molecule has 8 heteroatoms. The summed E-state index contributed by atoms with van der Waals surface area (Å²) in [5, 5.41) is 0. The van der Waals surface area contributed by atoms with Crippen LogP contribution in [0.15, 0.2) is 12.2 Å². The normalized spacial score (nSPS) is 13.3. The van der Waals surface area contributed by atoms with Gasteiger partial charge in [0.2, 0.25) is 0 Å². The first-order chi connectivity index (χ1) is 13.6. The molecule has 0 aromatic heterocycles. The second kappa shape index (κ2) is 15.1. The van der Waals surface area contributed by atoms with Crippen molar-refractivity contribution in [3.05, 3.63) is 12.2 Å². The van der Waals surface area contributed by atoms with Gasteiger partial charge in [-0.05, 0) is 51.9 Å². The molecule has 1 unspecified atom stereocenters. The summed E-state index contributed by atoms with van der Waals surface area (Å²) in [7, 11) is -4.41. The molecule has 0 saturated carbocycles. The fraction of sp³-hybridized carbons (Fsp3) is 0.857. The molecule has 7 nitrogen and oxygen atoms in total. The number of phosphoric acid groups is 1. The van der Waals surface area contributed by atoms with E-state index in [1.807, 2.05) is 0 Å². The molecule has 0 aliphatic rings. The van der Waals surface area contributed by atoms with E-state index in [1.165, 1.54) is 0 Å². The van der Waals surface area contributed by atoms with Gasteiger partial charge in [0.25, 0.3) is 0 Å². The summed E-state index contributed by atoms with van der Waals surface area (Å²) in [4.78, 5) is 29.3. The number of quaternary nitrogens is 1. The van der Waals surface area contributed by atoms with Crippen LogP contribution >= 0.6 is 7.82 Å². The van der Waals surface area contributed by atoms with E-state index in [1.54, 1.807) is 6.92 Å². The smallest absolute Gasteiger partial charge is 0.462 e. The van der Waals surface area contributed by atoms with Crippen LogP contribution in [0.3, 0.4) is 0 Å². The van der Waals surface area contributed by atoms with E-state index in [2.05, 4.69) is 31.9 Å². The van der Waals surface area contributed by atoms with E-state index in [0.29, 0.717) is 24.6 Å². The quantitative estimate of drug-likeness (QED) is 0.107. The zero-order valence-corrected chi connectivity index (χ0v) is 19.8. The number of unbranched alkanes of at least 4 members (excludes halogenated alkanes) is 1. The third kappa shape index (κ3) is 12.5. The van der Waals surface area contributed by atoms with Crippen LogP contribution in [0.25, 0.3) is 0 Å². The predicted octanol–water partition coefficient (Wildman–Crippen LogP) is 4.58. The van der Waals surface area contributed by atoms with Gasteiger partial charge >= 0.3 is 13.8 Å². The van der Waals surface area contributed by atoms with Crippen LogP contribution in [-0.4, -0.2) is 59.1 Å². The molecule has 0 fully saturated rings. The summed E-state index contributed by atoms with van der Waals surface area (Å²) in [5.74, 6) is -0.343. The average molecular weight is 437 g/mol. The summed E-state index contributed by atoms with van der Waals surface area (Å²) in [6.07, 6.45) is 7.55. The number of esters is 1. The number of phosphoric ester groups is 1. The van der Waals surface area contributed by atoms with Crippen molar-refractivity contribution in [3.8, 4) is 0 Å². The lowest BCUT2D eigenvalue weighted by Crippen LogP contribution is -2.57. The van der Waals surface area contributed by atoms with Gasteiger partial charge in [-0.1, -0.05) is 27.4 Å². The largest absolute Gasteiger partial charge is 0.469 e. The van der Waals surface area contributed by atoms with Crippen LogP contribution in [-0.2, 0) is 18.6 Å². The van der Waals surface area contributed by atoms with Crippen LogP contribution < -0.4 is 0 Å². The average Bonchev–Trinajstić information content (AvgIpc) is 2.62. The summed E-state index contributed by atoms with van der Waals surface area (Å²) in [6.45, 7) is 15.7. The Kier molecular flexibility index (Phi) is 14.8. The van der Waals surface area contributed by atoms with E-state index in [4.69, 9.17) is 14.5 Å². The lowest BCUT2D eigenvalue weighted by atomic mass is 9.98. The summed E-state index contributed by atoms with van der Waals surface area (Å²) in [6, 6.07) is 0.409. The number of nitrogens with zero attached hydrogens (tertiary/aromatic N) is 1. The van der Waals surface area contributed by atoms with Crippen LogP contribution in [0, 0.1) is 0 Å². The highest BCUT2D eigenvalue weighted by Gasteiger charge is 2.34. The Balaban J connectivity index is 4.97. The third-order valence-electron chi connectivity index (χ3n) is 5.24.